The van der Waals surface area contributed by atoms with Gasteiger partial charge in [0.2, 0.25) is 0 Å². The Bertz CT molecular complexity index is 1720. The van der Waals surface area contributed by atoms with Crippen molar-refractivity contribution in [3.63, 3.8) is 0 Å². The number of methoxy groups -OCH3 is 1. The number of nitrogens with two attached hydrogens (primary N) is 1. The molecule has 0 fully saturated rings. The minimum absolute atomic E-state index is 0.0144. The maximum absolute atomic E-state index is 13.5. The number of rotatable bonds is 7. The molecule has 0 radical (unpaired) electrons. The number of aromatic nitrogens is 1. The predicted molar refractivity (Wildman–Crippen MR) is 140 cm³/mol. The van der Waals surface area contributed by atoms with Gasteiger partial charge in [0.25, 0.3) is 16.9 Å². The molecule has 0 amide bonds. The van der Waals surface area contributed by atoms with Gasteiger partial charge in [0, 0.05) is 24.3 Å². The smallest absolute Gasteiger partial charge is 0.338 e. The molecule has 13 nitrogen and oxygen atoms in total. The summed E-state index contributed by atoms with van der Waals surface area (Å²) in [4.78, 5) is 60.7. The Hall–Kier alpha value is -5.11. The highest BCUT2D eigenvalue weighted by atomic mass is 32.1. The van der Waals surface area contributed by atoms with Crippen molar-refractivity contribution in [3.8, 4) is 0 Å². The van der Waals surface area contributed by atoms with Crippen LogP contribution in [-0.4, -0.2) is 40.1 Å². The number of esters is 2. The molecule has 1 aliphatic heterocycles. The van der Waals surface area contributed by atoms with E-state index in [9.17, 15) is 34.6 Å². The number of benzene rings is 2. The largest absolute Gasteiger partial charge is 0.466 e. The van der Waals surface area contributed by atoms with E-state index >= 15 is 0 Å². The number of nitro groups is 2. The number of fused-ring (bicyclic) bond motifs is 1. The summed E-state index contributed by atoms with van der Waals surface area (Å²) in [5.74, 6) is -3.19. The Morgan fingerprint density at radius 3 is 2.08 bits per heavy atom. The molecule has 2 N–H and O–H groups in total. The molecule has 2 heterocycles. The lowest BCUT2D eigenvalue weighted by Crippen LogP contribution is -2.41. The first kappa shape index (κ1) is 26.9. The highest BCUT2D eigenvalue weighted by Gasteiger charge is 2.39. The molecule has 0 spiro atoms. The van der Waals surface area contributed by atoms with Crippen LogP contribution in [-0.2, 0) is 19.1 Å². The topological polar surface area (TPSA) is 187 Å². The van der Waals surface area contributed by atoms with E-state index in [2.05, 4.69) is 0 Å². The molecule has 4 rings (SSSR count). The number of nitro benzene ring substituents is 2. The molecule has 0 saturated heterocycles. The van der Waals surface area contributed by atoms with Crippen LogP contribution in [0.2, 0.25) is 0 Å². The zero-order chi connectivity index (χ0) is 28.4. The molecule has 39 heavy (non-hydrogen) atoms. The SMILES string of the molecule is CCOC(=O)C1=c2s/c(=C\c3ccc([N+](=O)[O-])cc3)c(=O)n2C(N)=C(C(=O)OC)[C@@H]1c1ccc([N+](=O)[O-])cc1. The van der Waals surface area contributed by atoms with Crippen LogP contribution >= 0.6 is 11.3 Å². The fourth-order valence-corrected chi connectivity index (χ4v) is 5.29. The van der Waals surface area contributed by atoms with Crippen LogP contribution in [0.1, 0.15) is 24.0 Å². The summed E-state index contributed by atoms with van der Waals surface area (Å²) in [6.07, 6.45) is 1.47. The van der Waals surface area contributed by atoms with Crippen molar-refractivity contribution in [2.24, 2.45) is 5.73 Å². The summed E-state index contributed by atoms with van der Waals surface area (Å²) in [5, 5.41) is 22.1. The predicted octanol–water partition coefficient (Wildman–Crippen LogP) is 1.37. The summed E-state index contributed by atoms with van der Waals surface area (Å²) < 4.78 is 11.4. The second-order valence-electron chi connectivity index (χ2n) is 8.11. The van der Waals surface area contributed by atoms with E-state index in [4.69, 9.17) is 15.2 Å². The van der Waals surface area contributed by atoms with Crippen molar-refractivity contribution < 1.29 is 28.9 Å². The van der Waals surface area contributed by atoms with Crippen molar-refractivity contribution in [2.45, 2.75) is 12.8 Å². The second-order valence-corrected chi connectivity index (χ2v) is 9.14. The van der Waals surface area contributed by atoms with Gasteiger partial charge in [0.1, 0.15) is 10.5 Å². The molecule has 3 aromatic rings. The molecule has 0 aliphatic carbocycles. The number of nitrogens with zero attached hydrogens (tertiary/aromatic N) is 3. The minimum atomic E-state index is -1.16. The van der Waals surface area contributed by atoms with E-state index in [1.165, 1.54) is 54.6 Å². The third kappa shape index (κ3) is 4.92. The summed E-state index contributed by atoms with van der Waals surface area (Å²) in [5.41, 5.74) is 5.85. The van der Waals surface area contributed by atoms with Gasteiger partial charge in [-0.15, -0.1) is 11.3 Å². The summed E-state index contributed by atoms with van der Waals surface area (Å²) in [7, 11) is 1.11. The van der Waals surface area contributed by atoms with E-state index < -0.39 is 33.3 Å². The van der Waals surface area contributed by atoms with Gasteiger partial charge in [-0.25, -0.2) is 9.59 Å². The number of carbonyl (C=O) groups is 2. The van der Waals surface area contributed by atoms with Crippen LogP contribution in [0, 0.1) is 20.2 Å². The van der Waals surface area contributed by atoms with Gasteiger partial charge in [0.05, 0.1) is 45.2 Å². The Morgan fingerprint density at radius 1 is 1.00 bits per heavy atom. The fraction of sp³-hybridized carbons (Fsp3) is 0.160. The molecule has 1 atom stereocenters. The van der Waals surface area contributed by atoms with Gasteiger partial charge in [-0.3, -0.25) is 29.6 Å². The Labute approximate surface area is 223 Å². The van der Waals surface area contributed by atoms with Crippen molar-refractivity contribution in [2.75, 3.05) is 13.7 Å². The van der Waals surface area contributed by atoms with Crippen molar-refractivity contribution >= 4 is 52.1 Å². The van der Waals surface area contributed by atoms with Crippen LogP contribution in [0.25, 0.3) is 17.5 Å². The number of ether oxygens (including phenoxy) is 2. The molecule has 1 aliphatic rings. The van der Waals surface area contributed by atoms with Crippen LogP contribution in [0.4, 0.5) is 11.4 Å². The maximum Gasteiger partial charge on any atom is 0.338 e. The van der Waals surface area contributed by atoms with Gasteiger partial charge in [0.15, 0.2) is 0 Å². The number of non-ortho nitro benzene ring substituents is 2. The van der Waals surface area contributed by atoms with Gasteiger partial charge < -0.3 is 15.2 Å². The quantitative estimate of drug-likeness (QED) is 0.255. The van der Waals surface area contributed by atoms with E-state index in [1.54, 1.807) is 6.92 Å². The molecule has 2 aromatic carbocycles. The first-order chi connectivity index (χ1) is 18.6. The molecule has 200 valence electrons. The van der Waals surface area contributed by atoms with Gasteiger partial charge in [-0.2, -0.15) is 0 Å². The molecule has 1 aromatic heterocycles. The molecule has 0 unspecified atom stereocenters. The average Bonchev–Trinajstić information content (AvgIpc) is 3.24. The van der Waals surface area contributed by atoms with Crippen molar-refractivity contribution in [1.82, 2.24) is 4.57 Å². The Balaban J connectivity index is 2.06. The van der Waals surface area contributed by atoms with E-state index in [-0.39, 0.29) is 44.1 Å². The zero-order valence-corrected chi connectivity index (χ0v) is 21.3. The van der Waals surface area contributed by atoms with Crippen LogP contribution in [0.15, 0.2) is 58.9 Å². The Morgan fingerprint density at radius 2 is 1.56 bits per heavy atom. The third-order valence-electron chi connectivity index (χ3n) is 5.89. The third-order valence-corrected chi connectivity index (χ3v) is 7.00. The Kier molecular flexibility index (Phi) is 7.40. The molecular formula is C25H20N4O9S. The monoisotopic (exact) mass is 552 g/mol. The standard InChI is InChI=1S/C25H20N4O9S/c1-3-38-25(32)20-18(14-6-10-16(11-7-14)29(35)36)19(24(31)37-2)21(26)27-22(30)17(39-23(20)27)12-13-4-8-15(9-5-13)28(33)34/h4-12,18H,3,26H2,1-2H3/b17-12-/t18-/m0/s1. The number of thiazole rings is 1. The molecule has 14 heteroatoms. The lowest BCUT2D eigenvalue weighted by atomic mass is 9.83. The first-order valence-corrected chi connectivity index (χ1v) is 12.1. The zero-order valence-electron chi connectivity index (χ0n) is 20.5. The van der Waals surface area contributed by atoms with E-state index in [0.717, 1.165) is 23.0 Å². The van der Waals surface area contributed by atoms with E-state index in [1.807, 2.05) is 0 Å². The van der Waals surface area contributed by atoms with Crippen molar-refractivity contribution in [3.05, 3.63) is 105 Å². The first-order valence-electron chi connectivity index (χ1n) is 11.3. The number of carbonyl (C=O) groups excluding carboxylic acids is 2. The summed E-state index contributed by atoms with van der Waals surface area (Å²) in [6.45, 7) is 1.57. The van der Waals surface area contributed by atoms with Gasteiger partial charge in [-0.05, 0) is 36.3 Å². The van der Waals surface area contributed by atoms with Crippen molar-refractivity contribution in [1.29, 1.82) is 0 Å². The lowest BCUT2D eigenvalue weighted by Gasteiger charge is -2.26. The highest BCUT2D eigenvalue weighted by Crippen LogP contribution is 2.38. The van der Waals surface area contributed by atoms with Crippen LogP contribution < -0.4 is 20.5 Å². The number of hydrogen-bond donors (Lipinski definition) is 1. The van der Waals surface area contributed by atoms with Crippen LogP contribution in [0.5, 0.6) is 0 Å². The lowest BCUT2D eigenvalue weighted by molar-refractivity contribution is -0.385. The molecule has 0 bridgehead atoms. The second kappa shape index (κ2) is 10.7. The van der Waals surface area contributed by atoms with Gasteiger partial charge >= 0.3 is 11.9 Å². The van der Waals surface area contributed by atoms with Gasteiger partial charge in [-0.1, -0.05) is 12.1 Å². The minimum Gasteiger partial charge on any atom is -0.466 e. The fourth-order valence-electron chi connectivity index (χ4n) is 4.13. The van der Waals surface area contributed by atoms with E-state index in [0.29, 0.717) is 11.1 Å². The summed E-state index contributed by atoms with van der Waals surface area (Å²) >= 11 is 0.910. The molecule has 0 saturated carbocycles. The normalized spacial score (nSPS) is 15.1. The maximum atomic E-state index is 13.5. The summed E-state index contributed by atoms with van der Waals surface area (Å²) in [6, 6.07) is 10.7. The molecular weight excluding hydrogens is 532 g/mol. The highest BCUT2D eigenvalue weighted by molar-refractivity contribution is 7.07. The number of hydrogen-bond acceptors (Lipinski definition) is 11. The average molecular weight is 553 g/mol. The van der Waals surface area contributed by atoms with Crippen LogP contribution in [0.3, 0.4) is 0 Å².